The van der Waals surface area contributed by atoms with Crippen LogP contribution in [0.4, 0.5) is 0 Å². The Morgan fingerprint density at radius 2 is 2.27 bits per heavy atom. The SMILES string of the molecule is COCC(C)C1(CBr)CCOC1C1CC1. The van der Waals surface area contributed by atoms with Gasteiger partial charge in [-0.1, -0.05) is 22.9 Å². The highest BCUT2D eigenvalue weighted by Crippen LogP contribution is 2.52. The molecule has 0 bridgehead atoms. The molecule has 0 aromatic carbocycles. The van der Waals surface area contributed by atoms with Crippen LogP contribution < -0.4 is 0 Å². The van der Waals surface area contributed by atoms with Gasteiger partial charge in [-0.3, -0.25) is 0 Å². The minimum absolute atomic E-state index is 0.317. The molecule has 0 N–H and O–H groups in total. The number of hydrogen-bond donors (Lipinski definition) is 0. The smallest absolute Gasteiger partial charge is 0.0671 e. The summed E-state index contributed by atoms with van der Waals surface area (Å²) in [5.41, 5.74) is 0.317. The molecule has 1 saturated carbocycles. The molecule has 3 unspecified atom stereocenters. The summed E-state index contributed by atoms with van der Waals surface area (Å²) < 4.78 is 11.3. The van der Waals surface area contributed by atoms with E-state index in [1.54, 1.807) is 7.11 Å². The van der Waals surface area contributed by atoms with E-state index in [1.807, 2.05) is 0 Å². The van der Waals surface area contributed by atoms with Gasteiger partial charge in [0.15, 0.2) is 0 Å². The molecule has 1 aliphatic carbocycles. The molecule has 2 aliphatic rings. The number of ether oxygens (including phenoxy) is 2. The average molecular weight is 277 g/mol. The molecule has 2 fully saturated rings. The van der Waals surface area contributed by atoms with Crippen LogP contribution in [-0.4, -0.2) is 31.8 Å². The van der Waals surface area contributed by atoms with Crippen molar-refractivity contribution >= 4 is 15.9 Å². The van der Waals surface area contributed by atoms with Crippen LogP contribution in [0, 0.1) is 17.3 Å². The summed E-state index contributed by atoms with van der Waals surface area (Å²) in [5.74, 6) is 1.40. The fraction of sp³-hybridized carbons (Fsp3) is 1.00. The summed E-state index contributed by atoms with van der Waals surface area (Å²) >= 11 is 3.70. The van der Waals surface area contributed by atoms with Crippen molar-refractivity contribution in [2.75, 3.05) is 25.7 Å². The summed E-state index contributed by atoms with van der Waals surface area (Å²) in [6.07, 6.45) is 4.38. The van der Waals surface area contributed by atoms with Crippen LogP contribution in [-0.2, 0) is 9.47 Å². The van der Waals surface area contributed by atoms with Gasteiger partial charge in [0.1, 0.15) is 0 Å². The van der Waals surface area contributed by atoms with Crippen molar-refractivity contribution in [1.82, 2.24) is 0 Å². The first kappa shape index (κ1) is 11.9. The molecule has 0 radical (unpaired) electrons. The van der Waals surface area contributed by atoms with E-state index in [-0.39, 0.29) is 0 Å². The second kappa shape index (κ2) is 4.72. The fourth-order valence-electron chi connectivity index (χ4n) is 2.91. The van der Waals surface area contributed by atoms with E-state index >= 15 is 0 Å². The molecule has 0 aromatic rings. The Morgan fingerprint density at radius 3 is 2.80 bits per heavy atom. The lowest BCUT2D eigenvalue weighted by molar-refractivity contribution is -0.00475. The third kappa shape index (κ3) is 2.11. The van der Waals surface area contributed by atoms with Crippen LogP contribution in [0.5, 0.6) is 0 Å². The van der Waals surface area contributed by atoms with Crippen LogP contribution in [0.1, 0.15) is 26.2 Å². The normalized spacial score (nSPS) is 38.2. The van der Waals surface area contributed by atoms with E-state index in [9.17, 15) is 0 Å². The van der Waals surface area contributed by atoms with E-state index in [0.717, 1.165) is 24.5 Å². The van der Waals surface area contributed by atoms with Crippen molar-refractivity contribution in [3.8, 4) is 0 Å². The monoisotopic (exact) mass is 276 g/mol. The van der Waals surface area contributed by atoms with Crippen LogP contribution in [0.2, 0.25) is 0 Å². The lowest BCUT2D eigenvalue weighted by atomic mass is 9.71. The largest absolute Gasteiger partial charge is 0.384 e. The third-order valence-corrected chi connectivity index (χ3v) is 5.17. The Balaban J connectivity index is 2.10. The van der Waals surface area contributed by atoms with Crippen LogP contribution >= 0.6 is 15.9 Å². The third-order valence-electron chi connectivity index (χ3n) is 4.13. The molecule has 1 heterocycles. The summed E-state index contributed by atoms with van der Waals surface area (Å²) in [6, 6.07) is 0. The van der Waals surface area contributed by atoms with Crippen LogP contribution in [0.15, 0.2) is 0 Å². The first-order chi connectivity index (χ1) is 7.24. The molecule has 1 saturated heterocycles. The number of alkyl halides is 1. The Hall–Kier alpha value is 0.400. The van der Waals surface area contributed by atoms with E-state index in [0.29, 0.717) is 17.4 Å². The van der Waals surface area contributed by atoms with E-state index in [1.165, 1.54) is 19.3 Å². The molecule has 3 atom stereocenters. The minimum Gasteiger partial charge on any atom is -0.384 e. The molecule has 1 aliphatic heterocycles. The maximum atomic E-state index is 5.97. The van der Waals surface area contributed by atoms with E-state index in [2.05, 4.69) is 22.9 Å². The van der Waals surface area contributed by atoms with Gasteiger partial charge in [0, 0.05) is 31.1 Å². The molecule has 2 nitrogen and oxygen atoms in total. The molecule has 2 rings (SSSR count). The first-order valence-corrected chi connectivity index (χ1v) is 7.03. The number of halogens is 1. The van der Waals surface area contributed by atoms with Crippen molar-refractivity contribution in [2.45, 2.75) is 32.3 Å². The average Bonchev–Trinajstić information content (AvgIpc) is 2.98. The zero-order chi connectivity index (χ0) is 10.9. The van der Waals surface area contributed by atoms with Gasteiger partial charge in [0.05, 0.1) is 6.10 Å². The first-order valence-electron chi connectivity index (χ1n) is 5.91. The summed E-state index contributed by atoms with van der Waals surface area (Å²) in [5, 5.41) is 1.05. The van der Waals surface area contributed by atoms with Crippen LogP contribution in [0.3, 0.4) is 0 Å². The Kier molecular flexibility index (Phi) is 3.74. The van der Waals surface area contributed by atoms with Gasteiger partial charge in [0.25, 0.3) is 0 Å². The number of hydrogen-bond acceptors (Lipinski definition) is 2. The van der Waals surface area contributed by atoms with Crippen LogP contribution in [0.25, 0.3) is 0 Å². The van der Waals surface area contributed by atoms with Crippen molar-refractivity contribution in [3.63, 3.8) is 0 Å². The van der Waals surface area contributed by atoms with E-state index < -0.39 is 0 Å². The number of methoxy groups -OCH3 is 1. The highest BCUT2D eigenvalue weighted by molar-refractivity contribution is 9.09. The Labute approximate surface area is 101 Å². The zero-order valence-electron chi connectivity index (χ0n) is 9.67. The summed E-state index contributed by atoms with van der Waals surface area (Å²) in [6.45, 7) is 4.08. The second-order valence-electron chi connectivity index (χ2n) is 5.10. The molecule has 0 amide bonds. The molecule has 15 heavy (non-hydrogen) atoms. The molecule has 0 aromatic heterocycles. The topological polar surface area (TPSA) is 18.5 Å². The van der Waals surface area contributed by atoms with Crippen molar-refractivity contribution in [2.24, 2.45) is 17.3 Å². The fourth-order valence-corrected chi connectivity index (χ4v) is 4.06. The van der Waals surface area contributed by atoms with Gasteiger partial charge >= 0.3 is 0 Å². The molecular weight excluding hydrogens is 256 g/mol. The predicted molar refractivity (Wildman–Crippen MR) is 64.3 cm³/mol. The van der Waals surface area contributed by atoms with Crippen molar-refractivity contribution in [3.05, 3.63) is 0 Å². The predicted octanol–water partition coefficient (Wildman–Crippen LogP) is 2.85. The summed E-state index contributed by atoms with van der Waals surface area (Å²) in [7, 11) is 1.79. The molecule has 3 heteroatoms. The maximum absolute atomic E-state index is 5.97. The van der Waals surface area contributed by atoms with E-state index in [4.69, 9.17) is 9.47 Å². The molecular formula is C12H21BrO2. The maximum Gasteiger partial charge on any atom is 0.0671 e. The van der Waals surface area contributed by atoms with Gasteiger partial charge in [-0.15, -0.1) is 0 Å². The Bertz CT molecular complexity index is 218. The minimum atomic E-state index is 0.317. The highest BCUT2D eigenvalue weighted by atomic mass is 79.9. The Morgan fingerprint density at radius 1 is 1.53 bits per heavy atom. The lowest BCUT2D eigenvalue weighted by Gasteiger charge is -2.38. The molecule has 88 valence electrons. The van der Waals surface area contributed by atoms with Gasteiger partial charge < -0.3 is 9.47 Å². The van der Waals surface area contributed by atoms with Gasteiger partial charge in [-0.05, 0) is 31.1 Å². The quantitative estimate of drug-likeness (QED) is 0.719. The summed E-state index contributed by atoms with van der Waals surface area (Å²) in [4.78, 5) is 0. The highest BCUT2D eigenvalue weighted by Gasteiger charge is 2.52. The standard InChI is InChI=1S/C12H21BrO2/c1-9(7-14-2)12(8-13)5-6-15-11(12)10-3-4-10/h9-11H,3-8H2,1-2H3. The molecule has 0 spiro atoms. The number of rotatable bonds is 5. The van der Waals surface area contributed by atoms with Gasteiger partial charge in [-0.25, -0.2) is 0 Å². The van der Waals surface area contributed by atoms with Gasteiger partial charge in [0.2, 0.25) is 0 Å². The second-order valence-corrected chi connectivity index (χ2v) is 5.66. The van der Waals surface area contributed by atoms with Crippen molar-refractivity contribution < 1.29 is 9.47 Å². The van der Waals surface area contributed by atoms with Gasteiger partial charge in [-0.2, -0.15) is 0 Å². The lowest BCUT2D eigenvalue weighted by Crippen LogP contribution is -2.42. The zero-order valence-corrected chi connectivity index (χ0v) is 11.3. The van der Waals surface area contributed by atoms with Crippen molar-refractivity contribution in [1.29, 1.82) is 0 Å².